The number of benzene rings is 3. The van der Waals surface area contributed by atoms with Gasteiger partial charge in [-0.1, -0.05) is 84.0 Å². The van der Waals surface area contributed by atoms with Crippen LogP contribution in [-0.4, -0.2) is 21.0 Å². The molecule has 0 bridgehead atoms. The van der Waals surface area contributed by atoms with Crippen LogP contribution in [0.5, 0.6) is 0 Å². The summed E-state index contributed by atoms with van der Waals surface area (Å²) in [6.45, 7) is 2.44. The van der Waals surface area contributed by atoms with Crippen molar-refractivity contribution in [1.82, 2.24) is 20.4 Å². The van der Waals surface area contributed by atoms with E-state index in [4.69, 9.17) is 4.52 Å². The summed E-state index contributed by atoms with van der Waals surface area (Å²) in [5, 5.41) is 11.2. The first-order valence-electron chi connectivity index (χ1n) is 11.5. The maximum atomic E-state index is 13.3. The monoisotopic (exact) mass is 463 g/mol. The summed E-state index contributed by atoms with van der Waals surface area (Å²) in [5.74, 6) is 1.34. The Morgan fingerprint density at radius 2 is 1.57 bits per heavy atom. The Labute approximate surface area is 203 Å². The van der Waals surface area contributed by atoms with Crippen molar-refractivity contribution in [3.05, 3.63) is 119 Å². The largest absolute Gasteiger partial charge is 0.366 e. The summed E-state index contributed by atoms with van der Waals surface area (Å²) in [6, 6.07) is 28.9. The second-order valence-corrected chi connectivity index (χ2v) is 8.32. The van der Waals surface area contributed by atoms with Gasteiger partial charge in [-0.15, -0.1) is 0 Å². The highest BCUT2D eigenvalue weighted by atomic mass is 16.5. The van der Waals surface area contributed by atoms with Crippen LogP contribution in [0, 0.1) is 0 Å². The number of carbonyl (C=O) groups excluding carboxylic acids is 1. The predicted octanol–water partition coefficient (Wildman–Crippen LogP) is 5.31. The van der Waals surface area contributed by atoms with Crippen LogP contribution in [0.15, 0.2) is 95.5 Å². The topological polar surface area (TPSA) is 92.9 Å². The second kappa shape index (κ2) is 10.2. The number of fused-ring (bicyclic) bond motifs is 1. The number of aromatic nitrogens is 3. The van der Waals surface area contributed by atoms with Crippen LogP contribution < -0.4 is 10.6 Å². The highest BCUT2D eigenvalue weighted by Gasteiger charge is 2.20. The smallest absolute Gasteiger partial charge is 0.252 e. The van der Waals surface area contributed by atoms with Crippen LogP contribution >= 0.6 is 0 Å². The van der Waals surface area contributed by atoms with Crippen molar-refractivity contribution < 1.29 is 9.32 Å². The number of anilines is 1. The molecule has 0 aliphatic rings. The van der Waals surface area contributed by atoms with Crippen molar-refractivity contribution in [3.63, 3.8) is 0 Å². The van der Waals surface area contributed by atoms with Gasteiger partial charge in [-0.3, -0.25) is 4.79 Å². The average molecular weight is 464 g/mol. The average Bonchev–Trinajstić information content (AvgIpc) is 3.37. The van der Waals surface area contributed by atoms with Crippen LogP contribution in [0.25, 0.3) is 10.9 Å². The van der Waals surface area contributed by atoms with Crippen LogP contribution in [0.2, 0.25) is 0 Å². The molecule has 7 heteroatoms. The highest BCUT2D eigenvalue weighted by Crippen LogP contribution is 2.22. The SMILES string of the molecule is CC(NC(=O)c1cc(NCc2ccccc2)nc2ccccc12)c1nc(Cc2ccccc2)no1. The van der Waals surface area contributed by atoms with E-state index in [-0.39, 0.29) is 5.91 Å². The number of nitrogens with one attached hydrogen (secondary N) is 2. The van der Waals surface area contributed by atoms with Gasteiger partial charge >= 0.3 is 0 Å². The molecule has 174 valence electrons. The van der Waals surface area contributed by atoms with E-state index in [9.17, 15) is 4.79 Å². The first kappa shape index (κ1) is 22.3. The fraction of sp³-hybridized carbons (Fsp3) is 0.143. The molecule has 5 aromatic rings. The lowest BCUT2D eigenvalue weighted by Gasteiger charge is -2.14. The zero-order chi connectivity index (χ0) is 24.0. The lowest BCUT2D eigenvalue weighted by molar-refractivity contribution is 0.0934. The fourth-order valence-corrected chi connectivity index (χ4v) is 3.87. The van der Waals surface area contributed by atoms with Gasteiger partial charge in [-0.05, 0) is 30.2 Å². The van der Waals surface area contributed by atoms with E-state index in [1.54, 1.807) is 6.07 Å². The minimum Gasteiger partial charge on any atom is -0.366 e. The van der Waals surface area contributed by atoms with Crippen LogP contribution in [0.3, 0.4) is 0 Å². The van der Waals surface area contributed by atoms with Gasteiger partial charge in [0.15, 0.2) is 5.82 Å². The van der Waals surface area contributed by atoms with Gasteiger partial charge in [0.1, 0.15) is 11.9 Å². The molecule has 0 aliphatic carbocycles. The molecule has 0 saturated carbocycles. The molecule has 35 heavy (non-hydrogen) atoms. The van der Waals surface area contributed by atoms with Crippen molar-refractivity contribution in [2.45, 2.75) is 25.9 Å². The molecular formula is C28H25N5O2. The normalized spacial score (nSPS) is 11.8. The van der Waals surface area contributed by atoms with E-state index in [0.717, 1.165) is 22.0 Å². The van der Waals surface area contributed by atoms with Crippen molar-refractivity contribution in [2.75, 3.05) is 5.32 Å². The molecule has 1 unspecified atom stereocenters. The molecule has 2 N–H and O–H groups in total. The Kier molecular flexibility index (Phi) is 6.48. The number of amides is 1. The Morgan fingerprint density at radius 3 is 2.34 bits per heavy atom. The van der Waals surface area contributed by atoms with Gasteiger partial charge in [0.2, 0.25) is 5.89 Å². The van der Waals surface area contributed by atoms with E-state index in [1.165, 1.54) is 0 Å². The van der Waals surface area contributed by atoms with E-state index < -0.39 is 6.04 Å². The standard InChI is InChI=1S/C28H25N5O2/c1-19(28-32-26(33-35-28)16-20-10-4-2-5-11-20)30-27(34)23-17-25(29-18-21-12-6-3-7-13-21)31-24-15-9-8-14-22(23)24/h2-15,17,19H,16,18H2,1H3,(H,29,31)(H,30,34). The van der Waals surface area contributed by atoms with Gasteiger partial charge in [-0.25, -0.2) is 4.98 Å². The predicted molar refractivity (Wildman–Crippen MR) is 135 cm³/mol. The molecule has 1 atom stereocenters. The first-order chi connectivity index (χ1) is 17.2. The van der Waals surface area contributed by atoms with Gasteiger partial charge in [0.25, 0.3) is 5.91 Å². The van der Waals surface area contributed by atoms with Gasteiger partial charge in [0, 0.05) is 18.4 Å². The van der Waals surface area contributed by atoms with E-state index in [2.05, 4.69) is 25.8 Å². The Balaban J connectivity index is 1.33. The maximum Gasteiger partial charge on any atom is 0.252 e. The number of pyridine rings is 1. The summed E-state index contributed by atoms with van der Waals surface area (Å²) >= 11 is 0. The van der Waals surface area contributed by atoms with Crippen molar-refractivity contribution in [3.8, 4) is 0 Å². The lowest BCUT2D eigenvalue weighted by atomic mass is 10.1. The van der Waals surface area contributed by atoms with E-state index in [0.29, 0.717) is 36.1 Å². The quantitative estimate of drug-likeness (QED) is 0.324. The summed E-state index contributed by atoms with van der Waals surface area (Å²) in [6.07, 6.45) is 0.566. The molecule has 5 rings (SSSR count). The molecule has 7 nitrogen and oxygen atoms in total. The van der Waals surface area contributed by atoms with Crippen LogP contribution in [0.4, 0.5) is 5.82 Å². The summed E-state index contributed by atoms with van der Waals surface area (Å²) in [5.41, 5.74) is 3.49. The third-order valence-electron chi connectivity index (χ3n) is 5.68. The van der Waals surface area contributed by atoms with Crippen LogP contribution in [-0.2, 0) is 13.0 Å². The zero-order valence-corrected chi connectivity index (χ0v) is 19.3. The zero-order valence-electron chi connectivity index (χ0n) is 19.3. The van der Waals surface area contributed by atoms with E-state index >= 15 is 0 Å². The number of para-hydroxylation sites is 1. The number of rotatable bonds is 8. The summed E-state index contributed by atoms with van der Waals surface area (Å²) in [4.78, 5) is 22.5. The Hall–Kier alpha value is -4.52. The molecule has 0 spiro atoms. The Morgan fingerprint density at radius 1 is 0.886 bits per heavy atom. The number of hydrogen-bond donors (Lipinski definition) is 2. The number of hydrogen-bond acceptors (Lipinski definition) is 6. The third-order valence-corrected chi connectivity index (χ3v) is 5.68. The summed E-state index contributed by atoms with van der Waals surface area (Å²) in [7, 11) is 0. The molecule has 0 radical (unpaired) electrons. The number of nitrogens with zero attached hydrogens (tertiary/aromatic N) is 3. The van der Waals surface area contributed by atoms with Crippen LogP contribution in [0.1, 0.15) is 46.2 Å². The molecule has 2 heterocycles. The molecule has 0 fully saturated rings. The van der Waals surface area contributed by atoms with Gasteiger partial charge in [0.05, 0.1) is 11.1 Å². The molecular weight excluding hydrogens is 438 g/mol. The molecule has 2 aromatic heterocycles. The maximum absolute atomic E-state index is 13.3. The van der Waals surface area contributed by atoms with Crippen molar-refractivity contribution in [1.29, 1.82) is 0 Å². The third kappa shape index (κ3) is 5.35. The van der Waals surface area contributed by atoms with Crippen molar-refractivity contribution in [2.24, 2.45) is 0 Å². The van der Waals surface area contributed by atoms with Crippen molar-refractivity contribution >= 4 is 22.6 Å². The van der Waals surface area contributed by atoms with E-state index in [1.807, 2.05) is 91.9 Å². The molecule has 3 aromatic carbocycles. The van der Waals surface area contributed by atoms with Gasteiger partial charge in [-0.2, -0.15) is 4.98 Å². The second-order valence-electron chi connectivity index (χ2n) is 8.32. The van der Waals surface area contributed by atoms with Gasteiger partial charge < -0.3 is 15.2 Å². The first-order valence-corrected chi connectivity index (χ1v) is 11.5. The molecule has 0 saturated heterocycles. The molecule has 0 aliphatic heterocycles. The minimum absolute atomic E-state index is 0.235. The number of carbonyl (C=O) groups is 1. The molecule has 1 amide bonds. The highest BCUT2D eigenvalue weighted by molar-refractivity contribution is 6.07. The lowest BCUT2D eigenvalue weighted by Crippen LogP contribution is -2.27. The Bertz CT molecular complexity index is 1430. The fourth-order valence-electron chi connectivity index (χ4n) is 3.87. The minimum atomic E-state index is -0.452. The summed E-state index contributed by atoms with van der Waals surface area (Å²) < 4.78 is 5.43.